The normalized spacial score (nSPS) is 9.24. The van der Waals surface area contributed by atoms with Gasteiger partial charge in [-0.3, -0.25) is 0 Å². The number of hydrogen-bond acceptors (Lipinski definition) is 5. The van der Waals surface area contributed by atoms with Gasteiger partial charge in [-0.1, -0.05) is 36.4 Å². The summed E-state index contributed by atoms with van der Waals surface area (Å²) in [6, 6.07) is 30.3. The summed E-state index contributed by atoms with van der Waals surface area (Å²) in [5.41, 5.74) is 0. The van der Waals surface area contributed by atoms with Crippen LogP contribution in [0.4, 0.5) is 0 Å². The molecule has 0 aliphatic rings. The van der Waals surface area contributed by atoms with Crippen molar-refractivity contribution in [1.29, 1.82) is 0 Å². The Labute approximate surface area is 169 Å². The second-order valence-corrected chi connectivity index (χ2v) is 5.76. The number of hydrogen-bond donors (Lipinski definition) is 4. The summed E-state index contributed by atoms with van der Waals surface area (Å²) in [4.78, 5) is 0. The monoisotopic (exact) mass is 390 g/mol. The van der Waals surface area contributed by atoms with Crippen molar-refractivity contribution in [2.24, 2.45) is 0 Å². The third-order valence-corrected chi connectivity index (χ3v) is 3.42. The van der Waals surface area contributed by atoms with Crippen LogP contribution in [0.25, 0.3) is 0 Å². The predicted octanol–water partition coefficient (Wildman–Crippen LogP) is 5.67. The van der Waals surface area contributed by atoms with E-state index in [2.05, 4.69) is 0 Å². The lowest BCUT2D eigenvalue weighted by Crippen LogP contribution is -1.82. The number of phenolic OH excluding ortho intramolecular Hbond substituents is 4. The van der Waals surface area contributed by atoms with Crippen LogP contribution in [0.1, 0.15) is 0 Å². The lowest BCUT2D eigenvalue weighted by Gasteiger charge is -2.05. The topological polar surface area (TPSA) is 90.2 Å². The van der Waals surface area contributed by atoms with E-state index in [-0.39, 0.29) is 11.5 Å². The molecule has 148 valence electrons. The maximum atomic E-state index is 9.07. The van der Waals surface area contributed by atoms with E-state index < -0.39 is 0 Å². The van der Waals surface area contributed by atoms with Crippen LogP contribution in [0.2, 0.25) is 0 Å². The molecule has 4 aromatic rings. The highest BCUT2D eigenvalue weighted by Gasteiger charge is 1.97. The van der Waals surface area contributed by atoms with Gasteiger partial charge in [-0.25, -0.2) is 0 Å². The molecule has 0 aliphatic carbocycles. The lowest BCUT2D eigenvalue weighted by atomic mass is 10.3. The van der Waals surface area contributed by atoms with E-state index in [9.17, 15) is 0 Å². The first-order chi connectivity index (χ1) is 14.0. The van der Waals surface area contributed by atoms with Crippen LogP contribution in [0.3, 0.4) is 0 Å². The van der Waals surface area contributed by atoms with Crippen LogP contribution in [-0.2, 0) is 0 Å². The van der Waals surface area contributed by atoms with Crippen LogP contribution < -0.4 is 4.74 Å². The van der Waals surface area contributed by atoms with Crippen molar-refractivity contribution in [3.63, 3.8) is 0 Å². The van der Waals surface area contributed by atoms with Crippen LogP contribution in [0.5, 0.6) is 34.5 Å². The Balaban J connectivity index is 0.000000178. The SMILES string of the molecule is Oc1ccc(Oc2ccc(O)cc2)cc1.Oc1ccccc1.Oc1ccccc1. The molecular weight excluding hydrogens is 368 g/mol. The van der Waals surface area contributed by atoms with E-state index in [1.54, 1.807) is 97.1 Å². The molecule has 0 amide bonds. The van der Waals surface area contributed by atoms with E-state index in [4.69, 9.17) is 25.2 Å². The van der Waals surface area contributed by atoms with Crippen LogP contribution in [0, 0.1) is 0 Å². The maximum Gasteiger partial charge on any atom is 0.127 e. The minimum absolute atomic E-state index is 0.202. The van der Waals surface area contributed by atoms with E-state index in [0.717, 1.165) is 0 Å². The Morgan fingerprint density at radius 1 is 0.345 bits per heavy atom. The minimum atomic E-state index is 0.202. The fraction of sp³-hybridized carbons (Fsp3) is 0. The summed E-state index contributed by atoms with van der Waals surface area (Å²) < 4.78 is 5.47. The molecule has 0 fully saturated rings. The summed E-state index contributed by atoms with van der Waals surface area (Å²) in [6.45, 7) is 0. The molecule has 4 rings (SSSR count). The number of benzene rings is 4. The molecule has 5 heteroatoms. The number of ether oxygens (including phenoxy) is 1. The first-order valence-electron chi connectivity index (χ1n) is 8.77. The van der Waals surface area contributed by atoms with Gasteiger partial charge in [0.25, 0.3) is 0 Å². The van der Waals surface area contributed by atoms with Crippen molar-refractivity contribution in [3.05, 3.63) is 109 Å². The third kappa shape index (κ3) is 8.88. The van der Waals surface area contributed by atoms with E-state index in [1.165, 1.54) is 0 Å². The molecule has 4 N–H and O–H groups in total. The molecule has 0 unspecified atom stereocenters. The first-order valence-corrected chi connectivity index (χ1v) is 8.77. The minimum Gasteiger partial charge on any atom is -0.508 e. The number of rotatable bonds is 2. The summed E-state index contributed by atoms with van der Waals surface area (Å²) in [5, 5.41) is 35.4. The van der Waals surface area contributed by atoms with Gasteiger partial charge in [0.15, 0.2) is 0 Å². The molecule has 0 atom stereocenters. The van der Waals surface area contributed by atoms with E-state index in [0.29, 0.717) is 23.0 Å². The molecule has 5 nitrogen and oxygen atoms in total. The zero-order valence-electron chi connectivity index (χ0n) is 15.6. The molecule has 0 radical (unpaired) electrons. The van der Waals surface area contributed by atoms with E-state index in [1.807, 2.05) is 12.1 Å². The second kappa shape index (κ2) is 11.6. The number of phenols is 4. The fourth-order valence-electron chi connectivity index (χ4n) is 2.02. The zero-order valence-corrected chi connectivity index (χ0v) is 15.6. The molecule has 0 aromatic heterocycles. The summed E-state index contributed by atoms with van der Waals surface area (Å²) in [6.07, 6.45) is 0. The molecule has 0 bridgehead atoms. The second-order valence-electron chi connectivity index (χ2n) is 5.76. The summed E-state index contributed by atoms with van der Waals surface area (Å²) in [5.74, 6) is 2.32. The van der Waals surface area contributed by atoms with Gasteiger partial charge in [0, 0.05) is 0 Å². The highest BCUT2D eigenvalue weighted by molar-refractivity contribution is 5.36. The maximum absolute atomic E-state index is 9.07. The van der Waals surface area contributed by atoms with Crippen molar-refractivity contribution in [1.82, 2.24) is 0 Å². The smallest absolute Gasteiger partial charge is 0.127 e. The molecule has 0 saturated heterocycles. The highest BCUT2D eigenvalue weighted by Crippen LogP contribution is 2.24. The zero-order chi connectivity index (χ0) is 20.9. The quantitative estimate of drug-likeness (QED) is 0.354. The van der Waals surface area contributed by atoms with Crippen molar-refractivity contribution in [2.75, 3.05) is 0 Å². The number of aromatic hydroxyl groups is 4. The largest absolute Gasteiger partial charge is 0.508 e. The van der Waals surface area contributed by atoms with Crippen molar-refractivity contribution >= 4 is 0 Å². The van der Waals surface area contributed by atoms with Crippen LogP contribution in [-0.4, -0.2) is 20.4 Å². The van der Waals surface area contributed by atoms with Crippen molar-refractivity contribution in [3.8, 4) is 34.5 Å². The average molecular weight is 390 g/mol. The van der Waals surface area contributed by atoms with Gasteiger partial charge in [0.05, 0.1) is 0 Å². The Morgan fingerprint density at radius 3 is 0.862 bits per heavy atom. The van der Waals surface area contributed by atoms with Crippen LogP contribution >= 0.6 is 0 Å². The van der Waals surface area contributed by atoms with Gasteiger partial charge >= 0.3 is 0 Å². The van der Waals surface area contributed by atoms with Gasteiger partial charge in [-0.05, 0) is 72.8 Å². The molecule has 29 heavy (non-hydrogen) atoms. The van der Waals surface area contributed by atoms with Gasteiger partial charge in [-0.15, -0.1) is 0 Å². The van der Waals surface area contributed by atoms with E-state index >= 15 is 0 Å². The molecule has 0 aliphatic heterocycles. The molecule has 0 spiro atoms. The molecular formula is C24H22O5. The Morgan fingerprint density at radius 2 is 0.621 bits per heavy atom. The molecule has 4 aromatic carbocycles. The lowest BCUT2D eigenvalue weighted by molar-refractivity contribution is 0.459. The standard InChI is InChI=1S/C12H10O3.2C6H6O/c13-9-1-5-11(6-2-9)15-12-7-3-10(14)4-8-12;2*7-6-4-2-1-3-5-6/h1-8,13-14H;2*1-5,7H. The highest BCUT2D eigenvalue weighted by atomic mass is 16.5. The average Bonchev–Trinajstić information content (AvgIpc) is 2.74. The number of para-hydroxylation sites is 2. The third-order valence-electron chi connectivity index (χ3n) is 3.42. The molecule has 0 saturated carbocycles. The fourth-order valence-corrected chi connectivity index (χ4v) is 2.02. The molecule has 0 heterocycles. The Bertz CT molecular complexity index is 857. The summed E-state index contributed by atoms with van der Waals surface area (Å²) in [7, 11) is 0. The van der Waals surface area contributed by atoms with Crippen molar-refractivity contribution < 1.29 is 25.2 Å². The van der Waals surface area contributed by atoms with Gasteiger partial charge in [-0.2, -0.15) is 0 Å². The predicted molar refractivity (Wildman–Crippen MR) is 113 cm³/mol. The van der Waals surface area contributed by atoms with Crippen molar-refractivity contribution in [2.45, 2.75) is 0 Å². The summed E-state index contributed by atoms with van der Waals surface area (Å²) >= 11 is 0. The van der Waals surface area contributed by atoms with Crippen LogP contribution in [0.15, 0.2) is 109 Å². The first kappa shape index (κ1) is 21.2. The Hall–Kier alpha value is -4.12. The Kier molecular flexibility index (Phi) is 8.45. The van der Waals surface area contributed by atoms with Gasteiger partial charge < -0.3 is 25.2 Å². The van der Waals surface area contributed by atoms with Gasteiger partial charge in [0.2, 0.25) is 0 Å². The van der Waals surface area contributed by atoms with Gasteiger partial charge in [0.1, 0.15) is 34.5 Å².